The molecule has 0 spiro atoms. The van der Waals surface area contributed by atoms with Gasteiger partial charge in [0.15, 0.2) is 17.3 Å². The highest BCUT2D eigenvalue weighted by molar-refractivity contribution is 6.31. The predicted octanol–water partition coefficient (Wildman–Crippen LogP) is 3.92. The van der Waals surface area contributed by atoms with E-state index in [9.17, 15) is 18.4 Å². The zero-order valence-corrected chi connectivity index (χ0v) is 23.7. The van der Waals surface area contributed by atoms with Crippen LogP contribution in [0.15, 0.2) is 43.2 Å². The Morgan fingerprint density at radius 3 is 2.73 bits per heavy atom. The number of likely N-dealkylation sites (tertiary alicyclic amines) is 1. The molecule has 2 amide bonds. The van der Waals surface area contributed by atoms with Gasteiger partial charge in [0, 0.05) is 43.9 Å². The number of nitrogens with one attached hydrogen (secondary N) is 2. The molecule has 1 fully saturated rings. The third kappa shape index (κ3) is 6.83. The standard InChI is InChI=1S/C28H31ClF2N6O4/c1-5-24(38)37-10-8-16(12-21(37)28(39)32-9-11-36(2)3)41-23-13-17-20(14-22(23)40-4)33-15-34-27(17)35-19-7-6-18(30)25(29)26(19)31/h5-7,13-16,21H,1,8-12H2,2-4H3,(H,32,39)(H,33,34,35). The number of piperidine rings is 1. The zero-order valence-electron chi connectivity index (χ0n) is 22.9. The van der Waals surface area contributed by atoms with Gasteiger partial charge in [0.1, 0.15) is 35.1 Å². The highest BCUT2D eigenvalue weighted by Gasteiger charge is 2.36. The first-order chi connectivity index (χ1) is 19.6. The number of benzene rings is 2. The zero-order chi connectivity index (χ0) is 29.7. The third-order valence-electron chi connectivity index (χ3n) is 6.68. The fourth-order valence-corrected chi connectivity index (χ4v) is 4.70. The van der Waals surface area contributed by atoms with Crippen LogP contribution in [0.3, 0.4) is 0 Å². The van der Waals surface area contributed by atoms with Gasteiger partial charge < -0.3 is 29.9 Å². The van der Waals surface area contributed by atoms with E-state index < -0.39 is 28.8 Å². The van der Waals surface area contributed by atoms with Crippen molar-refractivity contribution >= 4 is 45.8 Å². The fraction of sp³-hybridized carbons (Fsp3) is 0.357. The second kappa shape index (κ2) is 13.1. The molecule has 0 bridgehead atoms. The van der Waals surface area contributed by atoms with Gasteiger partial charge in [-0.25, -0.2) is 18.7 Å². The molecule has 2 atom stereocenters. The molecule has 13 heteroatoms. The van der Waals surface area contributed by atoms with Crippen LogP contribution in [0.25, 0.3) is 10.9 Å². The van der Waals surface area contributed by atoms with E-state index in [0.717, 1.165) is 6.07 Å². The molecule has 2 unspecified atom stereocenters. The summed E-state index contributed by atoms with van der Waals surface area (Å²) in [5.41, 5.74) is 0.405. The average Bonchev–Trinajstić information content (AvgIpc) is 2.96. The topological polar surface area (TPSA) is 109 Å². The Hall–Kier alpha value is -4.03. The first kappa shape index (κ1) is 29.9. The van der Waals surface area contributed by atoms with Crippen LogP contribution >= 0.6 is 11.6 Å². The van der Waals surface area contributed by atoms with Crippen molar-refractivity contribution in [1.29, 1.82) is 0 Å². The van der Waals surface area contributed by atoms with Crippen LogP contribution in [0, 0.1) is 11.6 Å². The minimum Gasteiger partial charge on any atom is -0.493 e. The number of aromatic nitrogens is 2. The number of rotatable bonds is 10. The van der Waals surface area contributed by atoms with Crippen LogP contribution in [0.5, 0.6) is 11.5 Å². The molecular weight excluding hydrogens is 558 g/mol. The van der Waals surface area contributed by atoms with E-state index in [4.69, 9.17) is 21.1 Å². The minimum absolute atomic E-state index is 0.0722. The molecule has 1 aliphatic rings. The maximum atomic E-state index is 14.6. The number of hydrogen-bond acceptors (Lipinski definition) is 8. The Morgan fingerprint density at radius 1 is 1.24 bits per heavy atom. The molecule has 0 saturated carbocycles. The van der Waals surface area contributed by atoms with Crippen molar-refractivity contribution in [3.05, 3.63) is 59.9 Å². The quantitative estimate of drug-likeness (QED) is 0.271. The second-order valence-electron chi connectivity index (χ2n) is 9.70. The lowest BCUT2D eigenvalue weighted by atomic mass is 9.98. The van der Waals surface area contributed by atoms with Crippen molar-refractivity contribution in [2.24, 2.45) is 0 Å². The molecule has 41 heavy (non-hydrogen) atoms. The highest BCUT2D eigenvalue weighted by atomic mass is 35.5. The Balaban J connectivity index is 1.61. The van der Waals surface area contributed by atoms with Crippen LogP contribution in [0.1, 0.15) is 12.8 Å². The van der Waals surface area contributed by atoms with E-state index in [2.05, 4.69) is 27.2 Å². The molecule has 3 aromatic rings. The molecule has 2 aromatic carbocycles. The van der Waals surface area contributed by atoms with E-state index >= 15 is 0 Å². The number of carbonyl (C=O) groups is 2. The van der Waals surface area contributed by atoms with Crippen LogP contribution < -0.4 is 20.1 Å². The normalized spacial score (nSPS) is 16.9. The summed E-state index contributed by atoms with van der Waals surface area (Å²) in [6.07, 6.45) is 2.75. The highest BCUT2D eigenvalue weighted by Crippen LogP contribution is 2.37. The lowest BCUT2D eigenvalue weighted by Crippen LogP contribution is -2.55. The second-order valence-corrected chi connectivity index (χ2v) is 10.1. The number of ether oxygens (including phenoxy) is 2. The molecule has 4 rings (SSSR count). The van der Waals surface area contributed by atoms with Gasteiger partial charge in [-0.2, -0.15) is 0 Å². The molecular formula is C28H31ClF2N6O4. The largest absolute Gasteiger partial charge is 0.493 e. The van der Waals surface area contributed by atoms with Crippen LogP contribution in [-0.2, 0) is 9.59 Å². The van der Waals surface area contributed by atoms with Crippen molar-refractivity contribution in [1.82, 2.24) is 25.1 Å². The Bertz CT molecular complexity index is 1460. The summed E-state index contributed by atoms with van der Waals surface area (Å²) < 4.78 is 40.1. The smallest absolute Gasteiger partial charge is 0.246 e. The van der Waals surface area contributed by atoms with Gasteiger partial charge in [-0.15, -0.1) is 0 Å². The molecule has 0 aliphatic carbocycles. The first-order valence-electron chi connectivity index (χ1n) is 12.9. The summed E-state index contributed by atoms with van der Waals surface area (Å²) in [6.45, 7) is 4.93. The Morgan fingerprint density at radius 2 is 2.02 bits per heavy atom. The summed E-state index contributed by atoms with van der Waals surface area (Å²) >= 11 is 5.74. The van der Waals surface area contributed by atoms with Crippen molar-refractivity contribution in [3.63, 3.8) is 0 Å². The maximum absolute atomic E-state index is 14.6. The van der Waals surface area contributed by atoms with Crippen LogP contribution in [0.2, 0.25) is 5.02 Å². The van der Waals surface area contributed by atoms with Crippen molar-refractivity contribution < 1.29 is 27.8 Å². The fourth-order valence-electron chi connectivity index (χ4n) is 4.54. The SMILES string of the molecule is C=CC(=O)N1CCC(Oc2cc3c(Nc4ccc(F)c(Cl)c4F)ncnc3cc2OC)CC1C(=O)NCCN(C)C. The first-order valence-corrected chi connectivity index (χ1v) is 13.3. The van der Waals surface area contributed by atoms with E-state index in [1.165, 1.54) is 30.5 Å². The molecule has 2 N–H and O–H groups in total. The van der Waals surface area contributed by atoms with Crippen molar-refractivity contribution in [3.8, 4) is 11.5 Å². The third-order valence-corrected chi connectivity index (χ3v) is 7.02. The Kier molecular flexibility index (Phi) is 9.56. The number of halogens is 3. The monoisotopic (exact) mass is 588 g/mol. The molecule has 0 radical (unpaired) electrons. The average molecular weight is 589 g/mol. The number of carbonyl (C=O) groups excluding carboxylic acids is 2. The van der Waals surface area contributed by atoms with Crippen LogP contribution in [-0.4, -0.2) is 84.6 Å². The number of nitrogens with zero attached hydrogens (tertiary/aromatic N) is 4. The lowest BCUT2D eigenvalue weighted by Gasteiger charge is -2.38. The van der Waals surface area contributed by atoms with Crippen molar-refractivity contribution in [2.45, 2.75) is 25.0 Å². The summed E-state index contributed by atoms with van der Waals surface area (Å²) in [5.74, 6) is -1.49. The number of methoxy groups -OCH3 is 1. The van der Waals surface area contributed by atoms with E-state index in [1.54, 1.807) is 12.1 Å². The molecule has 1 aromatic heterocycles. The number of amides is 2. The summed E-state index contributed by atoms with van der Waals surface area (Å²) in [4.78, 5) is 37.5. The van der Waals surface area contributed by atoms with Gasteiger partial charge in [-0.05, 0) is 38.4 Å². The number of anilines is 2. The summed E-state index contributed by atoms with van der Waals surface area (Å²) in [5, 5.41) is 5.57. The van der Waals surface area contributed by atoms with Crippen molar-refractivity contribution in [2.75, 3.05) is 46.2 Å². The van der Waals surface area contributed by atoms with Gasteiger partial charge in [-0.1, -0.05) is 18.2 Å². The van der Waals surface area contributed by atoms with Gasteiger partial charge >= 0.3 is 0 Å². The molecule has 218 valence electrons. The summed E-state index contributed by atoms with van der Waals surface area (Å²) in [7, 11) is 5.29. The summed E-state index contributed by atoms with van der Waals surface area (Å²) in [6, 6.07) is 4.80. The van der Waals surface area contributed by atoms with Gasteiger partial charge in [0.05, 0.1) is 18.3 Å². The number of hydrogen-bond donors (Lipinski definition) is 2. The van der Waals surface area contributed by atoms with Gasteiger partial charge in [0.25, 0.3) is 0 Å². The molecule has 1 aliphatic heterocycles. The molecule has 1 saturated heterocycles. The number of likely N-dealkylation sites (N-methyl/N-ethyl adjacent to an activating group) is 1. The number of fused-ring (bicyclic) bond motifs is 1. The minimum atomic E-state index is -0.959. The van der Waals surface area contributed by atoms with E-state index in [1.807, 2.05) is 19.0 Å². The van der Waals surface area contributed by atoms with Crippen LogP contribution in [0.4, 0.5) is 20.3 Å². The van der Waals surface area contributed by atoms with Gasteiger partial charge in [-0.3, -0.25) is 9.59 Å². The lowest BCUT2D eigenvalue weighted by molar-refractivity contribution is -0.140. The van der Waals surface area contributed by atoms with Gasteiger partial charge in [0.2, 0.25) is 11.8 Å². The molecule has 2 heterocycles. The Labute approximate surface area is 241 Å². The van der Waals surface area contributed by atoms with E-state index in [0.29, 0.717) is 41.9 Å². The maximum Gasteiger partial charge on any atom is 0.246 e. The predicted molar refractivity (Wildman–Crippen MR) is 152 cm³/mol. The molecule has 10 nitrogen and oxygen atoms in total. The van der Waals surface area contributed by atoms with E-state index in [-0.39, 0.29) is 36.3 Å².